The number of nitrogens with one attached hydrogen (secondary N) is 1. The van der Waals surface area contributed by atoms with Crippen molar-refractivity contribution in [3.63, 3.8) is 0 Å². The smallest absolute Gasteiger partial charge is 0.273 e. The maximum absolute atomic E-state index is 13.7. The summed E-state index contributed by atoms with van der Waals surface area (Å²) < 4.78 is 6.01. The number of carbonyl (C=O) groups excluding carboxylic acids is 1. The number of nitrogens with zero attached hydrogens (tertiary/aromatic N) is 2. The molecule has 2 heterocycles. The van der Waals surface area contributed by atoms with Crippen LogP contribution in [0.5, 0.6) is 5.75 Å². The lowest BCUT2D eigenvalue weighted by molar-refractivity contribution is 0.0730. The van der Waals surface area contributed by atoms with Gasteiger partial charge in [0.05, 0.1) is 11.7 Å². The van der Waals surface area contributed by atoms with Crippen molar-refractivity contribution in [3.05, 3.63) is 141 Å². The van der Waals surface area contributed by atoms with E-state index < -0.39 is 0 Å². The summed E-state index contributed by atoms with van der Waals surface area (Å²) in [6, 6.07) is 30.9. The standard InChI is InChI=1S/C32H25Cl2N3O2/c1-20-6-10-22(11-7-20)29-28-30(36-35-29)32(38)37(18-24-4-2-3-5-27(24)34)31(28)23-12-16-26(17-13-23)39-19-21-8-14-25(33)15-9-21/h2-17,31H,18-19H2,1H3,(H,35,36). The highest BCUT2D eigenvalue weighted by Gasteiger charge is 2.42. The number of aromatic amines is 1. The first-order valence-corrected chi connectivity index (χ1v) is 13.4. The van der Waals surface area contributed by atoms with Crippen LogP contribution in [-0.4, -0.2) is 21.0 Å². The highest BCUT2D eigenvalue weighted by atomic mass is 35.5. The molecule has 1 N–H and O–H groups in total. The summed E-state index contributed by atoms with van der Waals surface area (Å²) in [6.45, 7) is 2.85. The Morgan fingerprint density at radius 2 is 1.62 bits per heavy atom. The average molecular weight is 554 g/mol. The van der Waals surface area contributed by atoms with E-state index in [4.69, 9.17) is 27.9 Å². The minimum atomic E-state index is -0.343. The van der Waals surface area contributed by atoms with Crippen LogP contribution in [0.4, 0.5) is 0 Å². The molecule has 0 aliphatic carbocycles. The molecule has 0 radical (unpaired) electrons. The lowest BCUT2D eigenvalue weighted by Crippen LogP contribution is -2.29. The van der Waals surface area contributed by atoms with E-state index in [9.17, 15) is 4.79 Å². The van der Waals surface area contributed by atoms with Crippen LogP contribution in [-0.2, 0) is 13.2 Å². The number of halogens is 2. The minimum Gasteiger partial charge on any atom is -0.489 e. The van der Waals surface area contributed by atoms with Crippen LogP contribution >= 0.6 is 23.2 Å². The lowest BCUT2D eigenvalue weighted by Gasteiger charge is -2.27. The van der Waals surface area contributed by atoms with E-state index in [1.54, 1.807) is 0 Å². The molecule has 1 amide bonds. The molecule has 194 valence electrons. The number of rotatable bonds is 7. The molecule has 39 heavy (non-hydrogen) atoms. The van der Waals surface area contributed by atoms with Crippen LogP contribution < -0.4 is 4.74 Å². The Hall–Kier alpha value is -4.06. The first kappa shape index (κ1) is 25.2. The molecule has 6 rings (SSSR count). The van der Waals surface area contributed by atoms with Gasteiger partial charge in [-0.1, -0.05) is 95.5 Å². The van der Waals surface area contributed by atoms with Gasteiger partial charge in [-0.25, -0.2) is 0 Å². The van der Waals surface area contributed by atoms with E-state index in [-0.39, 0.29) is 11.9 Å². The fourth-order valence-corrected chi connectivity index (χ4v) is 5.26. The Labute approximate surface area is 237 Å². The van der Waals surface area contributed by atoms with E-state index >= 15 is 0 Å². The number of ether oxygens (including phenoxy) is 1. The van der Waals surface area contributed by atoms with Crippen LogP contribution in [0.25, 0.3) is 11.3 Å². The van der Waals surface area contributed by atoms with E-state index in [0.29, 0.717) is 28.9 Å². The molecule has 5 aromatic rings. The molecular weight excluding hydrogens is 529 g/mol. The second-order valence-electron chi connectivity index (χ2n) is 9.64. The summed E-state index contributed by atoms with van der Waals surface area (Å²) in [7, 11) is 0. The summed E-state index contributed by atoms with van der Waals surface area (Å²) in [5, 5.41) is 8.92. The second kappa shape index (κ2) is 10.6. The van der Waals surface area contributed by atoms with Crippen LogP contribution in [0.15, 0.2) is 97.1 Å². The molecule has 0 saturated carbocycles. The molecule has 1 unspecified atom stereocenters. The zero-order chi connectivity index (χ0) is 26.9. The summed E-state index contributed by atoms with van der Waals surface area (Å²) in [6.07, 6.45) is 0. The number of aryl methyl sites for hydroxylation is 1. The van der Waals surface area contributed by atoms with Crippen molar-refractivity contribution < 1.29 is 9.53 Å². The number of hydrogen-bond acceptors (Lipinski definition) is 3. The highest BCUT2D eigenvalue weighted by Crippen LogP contribution is 2.44. The van der Waals surface area contributed by atoms with Crippen molar-refractivity contribution in [1.82, 2.24) is 15.1 Å². The Kier molecular flexibility index (Phi) is 6.86. The third kappa shape index (κ3) is 5.03. The molecule has 1 aromatic heterocycles. The Morgan fingerprint density at radius 3 is 2.33 bits per heavy atom. The van der Waals surface area contributed by atoms with Gasteiger partial charge in [0.25, 0.3) is 5.91 Å². The van der Waals surface area contributed by atoms with Crippen molar-refractivity contribution in [3.8, 4) is 17.0 Å². The monoisotopic (exact) mass is 553 g/mol. The van der Waals surface area contributed by atoms with Crippen LogP contribution in [0.2, 0.25) is 10.0 Å². The van der Waals surface area contributed by atoms with Gasteiger partial charge in [-0.05, 0) is 53.9 Å². The van der Waals surface area contributed by atoms with Crippen LogP contribution in [0.3, 0.4) is 0 Å². The maximum atomic E-state index is 13.7. The van der Waals surface area contributed by atoms with E-state index in [0.717, 1.165) is 44.8 Å². The van der Waals surface area contributed by atoms with E-state index in [1.807, 2.05) is 96.8 Å². The zero-order valence-corrected chi connectivity index (χ0v) is 22.7. The third-order valence-electron chi connectivity index (χ3n) is 7.00. The molecule has 1 aliphatic heterocycles. The van der Waals surface area contributed by atoms with Gasteiger partial charge in [0, 0.05) is 27.7 Å². The number of benzene rings is 4. The van der Waals surface area contributed by atoms with E-state index in [2.05, 4.69) is 22.3 Å². The number of amides is 1. The van der Waals surface area contributed by atoms with Crippen molar-refractivity contribution in [2.45, 2.75) is 26.1 Å². The fraction of sp³-hybridized carbons (Fsp3) is 0.125. The summed E-state index contributed by atoms with van der Waals surface area (Å²) in [5.41, 5.74) is 7.13. The normalized spacial score (nSPS) is 14.5. The van der Waals surface area contributed by atoms with E-state index in [1.165, 1.54) is 0 Å². The molecule has 7 heteroatoms. The molecule has 5 nitrogen and oxygen atoms in total. The number of aromatic nitrogens is 2. The molecule has 1 atom stereocenters. The van der Waals surface area contributed by atoms with Gasteiger partial charge >= 0.3 is 0 Å². The van der Waals surface area contributed by atoms with Gasteiger partial charge in [-0.2, -0.15) is 5.10 Å². The quantitative estimate of drug-likeness (QED) is 0.222. The summed E-state index contributed by atoms with van der Waals surface area (Å²) >= 11 is 12.5. The first-order chi connectivity index (χ1) is 19.0. The largest absolute Gasteiger partial charge is 0.489 e. The van der Waals surface area contributed by atoms with Gasteiger partial charge < -0.3 is 9.64 Å². The molecule has 1 aliphatic rings. The van der Waals surface area contributed by atoms with Gasteiger partial charge in [0.2, 0.25) is 0 Å². The van der Waals surface area contributed by atoms with Crippen LogP contribution in [0.1, 0.15) is 44.3 Å². The van der Waals surface area contributed by atoms with Gasteiger partial charge in [0.1, 0.15) is 18.1 Å². The van der Waals surface area contributed by atoms with Gasteiger partial charge in [-0.3, -0.25) is 9.89 Å². The number of hydrogen-bond donors (Lipinski definition) is 1. The predicted molar refractivity (Wildman–Crippen MR) is 154 cm³/mol. The topological polar surface area (TPSA) is 58.2 Å². The van der Waals surface area contributed by atoms with Crippen molar-refractivity contribution in [2.75, 3.05) is 0 Å². The third-order valence-corrected chi connectivity index (χ3v) is 7.62. The number of H-pyrrole nitrogens is 1. The Morgan fingerprint density at radius 1 is 0.897 bits per heavy atom. The minimum absolute atomic E-state index is 0.108. The molecule has 4 aromatic carbocycles. The summed E-state index contributed by atoms with van der Waals surface area (Å²) in [5.74, 6) is 0.630. The van der Waals surface area contributed by atoms with Crippen molar-refractivity contribution in [2.24, 2.45) is 0 Å². The Balaban J connectivity index is 1.35. The SMILES string of the molecule is Cc1ccc(-c2n[nH]c3c2C(c2ccc(OCc4ccc(Cl)cc4)cc2)N(Cc2ccccc2Cl)C3=O)cc1. The molecule has 0 bridgehead atoms. The second-order valence-corrected chi connectivity index (χ2v) is 10.5. The fourth-order valence-electron chi connectivity index (χ4n) is 4.94. The predicted octanol–water partition coefficient (Wildman–Crippen LogP) is 8.02. The van der Waals surface area contributed by atoms with Gasteiger partial charge in [0.15, 0.2) is 0 Å². The van der Waals surface area contributed by atoms with Crippen molar-refractivity contribution in [1.29, 1.82) is 0 Å². The Bertz CT molecular complexity index is 1630. The zero-order valence-electron chi connectivity index (χ0n) is 21.2. The number of carbonyl (C=O) groups is 1. The van der Waals surface area contributed by atoms with Crippen LogP contribution in [0, 0.1) is 6.92 Å². The lowest BCUT2D eigenvalue weighted by atomic mass is 9.95. The average Bonchev–Trinajstić information content (AvgIpc) is 3.49. The molecule has 0 spiro atoms. The summed E-state index contributed by atoms with van der Waals surface area (Å²) in [4.78, 5) is 15.6. The first-order valence-electron chi connectivity index (χ1n) is 12.6. The maximum Gasteiger partial charge on any atom is 0.273 e. The van der Waals surface area contributed by atoms with Gasteiger partial charge in [-0.15, -0.1) is 0 Å². The highest BCUT2D eigenvalue weighted by molar-refractivity contribution is 6.31. The molecule has 0 saturated heterocycles. The number of fused-ring (bicyclic) bond motifs is 1. The molecular formula is C32H25Cl2N3O2. The van der Waals surface area contributed by atoms with Crippen molar-refractivity contribution >= 4 is 29.1 Å². The molecule has 0 fully saturated rings.